The average molecular weight is 464 g/mol. The smallest absolute Gasteiger partial charge is 0.286 e. The number of nitrogens with one attached hydrogen (secondary N) is 1. The van der Waals surface area contributed by atoms with Gasteiger partial charge in [-0.15, -0.1) is 0 Å². The molecule has 1 amide bonds. The molecule has 2 saturated carbocycles. The third-order valence-electron chi connectivity index (χ3n) is 7.52. The molecule has 1 aliphatic heterocycles. The van der Waals surface area contributed by atoms with E-state index in [9.17, 15) is 9.90 Å². The van der Waals surface area contributed by atoms with Crippen LogP contribution in [0.25, 0.3) is 0 Å². The van der Waals surface area contributed by atoms with Crippen LogP contribution in [-0.4, -0.2) is 30.5 Å². The quantitative estimate of drug-likeness (QED) is 0.606. The maximum absolute atomic E-state index is 13.2. The summed E-state index contributed by atoms with van der Waals surface area (Å²) < 4.78 is 17.5. The van der Waals surface area contributed by atoms with Gasteiger partial charge in [0.2, 0.25) is 6.29 Å². The van der Waals surface area contributed by atoms with Gasteiger partial charge in [-0.05, 0) is 66.0 Å². The van der Waals surface area contributed by atoms with Crippen LogP contribution in [0.15, 0.2) is 60.4 Å². The summed E-state index contributed by atoms with van der Waals surface area (Å²) in [6, 6.07) is 15.8. The van der Waals surface area contributed by atoms with Crippen LogP contribution in [-0.2, 0) is 27.5 Å². The molecule has 3 unspecified atom stereocenters. The van der Waals surface area contributed by atoms with Crippen molar-refractivity contribution in [2.45, 2.75) is 63.6 Å². The number of carbonyl (C=O) groups excluding carboxylic acids is 1. The van der Waals surface area contributed by atoms with Crippen LogP contribution in [0.2, 0.25) is 0 Å². The van der Waals surface area contributed by atoms with Gasteiger partial charge in [0.15, 0.2) is 5.76 Å². The minimum absolute atomic E-state index is 0.00204. The number of carbonyl (C=O) groups is 1. The highest BCUT2D eigenvalue weighted by Gasteiger charge is 2.41. The molecule has 0 saturated heterocycles. The highest BCUT2D eigenvalue weighted by Crippen LogP contribution is 2.44. The second kappa shape index (κ2) is 10.2. The molecule has 2 N–H and O–H groups in total. The van der Waals surface area contributed by atoms with Crippen molar-refractivity contribution in [3.05, 3.63) is 77.1 Å². The van der Waals surface area contributed by atoms with Crippen LogP contribution in [0.5, 0.6) is 5.75 Å². The normalized spacial score (nSPS) is 27.7. The van der Waals surface area contributed by atoms with Crippen LogP contribution >= 0.6 is 0 Å². The van der Waals surface area contributed by atoms with Gasteiger partial charge >= 0.3 is 0 Å². The molecule has 6 nitrogen and oxygen atoms in total. The lowest BCUT2D eigenvalue weighted by Gasteiger charge is -2.31. The van der Waals surface area contributed by atoms with Crippen molar-refractivity contribution >= 4 is 5.91 Å². The highest BCUT2D eigenvalue weighted by atomic mass is 16.7. The molecule has 0 spiro atoms. The molecule has 180 valence electrons. The molecule has 2 aliphatic carbocycles. The molecule has 2 bridgehead atoms. The zero-order valence-electron chi connectivity index (χ0n) is 19.6. The van der Waals surface area contributed by atoms with Crippen LogP contribution in [0.4, 0.5) is 0 Å². The third-order valence-corrected chi connectivity index (χ3v) is 7.52. The number of hydrogen-bond acceptors (Lipinski definition) is 5. The van der Waals surface area contributed by atoms with E-state index in [-0.39, 0.29) is 24.5 Å². The summed E-state index contributed by atoms with van der Waals surface area (Å²) >= 11 is 0. The van der Waals surface area contributed by atoms with Crippen molar-refractivity contribution < 1.29 is 24.1 Å². The van der Waals surface area contributed by atoms with Crippen molar-refractivity contribution in [1.82, 2.24) is 5.32 Å². The second-order valence-electron chi connectivity index (χ2n) is 9.73. The lowest BCUT2D eigenvalue weighted by molar-refractivity contribution is -0.150. The average Bonchev–Trinajstić information content (AvgIpc) is 3.51. The number of fused-ring (bicyclic) bond motifs is 2. The number of amides is 1. The summed E-state index contributed by atoms with van der Waals surface area (Å²) in [4.78, 5) is 13.2. The Hall–Kier alpha value is -2.83. The molecular formula is C28H33NO5. The molecule has 0 radical (unpaired) electrons. The van der Waals surface area contributed by atoms with Gasteiger partial charge in [0.1, 0.15) is 5.75 Å². The Kier molecular flexibility index (Phi) is 6.88. The lowest BCUT2D eigenvalue weighted by Crippen LogP contribution is -2.41. The molecule has 5 rings (SSSR count). The number of ether oxygens (including phenoxy) is 3. The van der Waals surface area contributed by atoms with Crippen molar-refractivity contribution in [1.29, 1.82) is 0 Å². The molecule has 2 aromatic rings. The van der Waals surface area contributed by atoms with E-state index in [1.807, 2.05) is 54.6 Å². The fourth-order valence-electron chi connectivity index (χ4n) is 5.59. The van der Waals surface area contributed by atoms with E-state index in [1.165, 1.54) is 19.3 Å². The van der Waals surface area contributed by atoms with Gasteiger partial charge in [-0.2, -0.15) is 0 Å². The Morgan fingerprint density at radius 1 is 1.03 bits per heavy atom. The Balaban J connectivity index is 1.29. The molecule has 3 aliphatic rings. The number of rotatable bonds is 8. The summed E-state index contributed by atoms with van der Waals surface area (Å²) in [5, 5.41) is 12.5. The minimum atomic E-state index is -0.532. The molecule has 0 aromatic heterocycles. The van der Waals surface area contributed by atoms with Crippen LogP contribution in [0, 0.1) is 11.8 Å². The number of hydrogen-bond donors (Lipinski definition) is 2. The van der Waals surface area contributed by atoms with Gasteiger partial charge in [-0.1, -0.05) is 42.8 Å². The number of aliphatic hydroxyl groups excluding tert-OH is 1. The molecule has 5 atom stereocenters. The SMILES string of the molecule is COc1ccc([C@H]2C=C(C(=O)NC3CC4CCC3C4)O[C@@H](OCc3ccc(CO)cc3)C2)cc1. The van der Waals surface area contributed by atoms with Crippen molar-refractivity contribution in [2.24, 2.45) is 11.8 Å². The summed E-state index contributed by atoms with van der Waals surface area (Å²) in [5.74, 6) is 2.36. The Bertz CT molecular complexity index is 1020. The van der Waals surface area contributed by atoms with E-state index in [1.54, 1.807) is 7.11 Å². The van der Waals surface area contributed by atoms with E-state index in [4.69, 9.17) is 14.2 Å². The van der Waals surface area contributed by atoms with Crippen molar-refractivity contribution in [3.8, 4) is 5.75 Å². The van der Waals surface area contributed by atoms with Crippen molar-refractivity contribution in [3.63, 3.8) is 0 Å². The van der Waals surface area contributed by atoms with Crippen molar-refractivity contribution in [2.75, 3.05) is 7.11 Å². The first-order chi connectivity index (χ1) is 16.6. The van der Waals surface area contributed by atoms with Gasteiger partial charge in [-0.25, -0.2) is 0 Å². The maximum Gasteiger partial charge on any atom is 0.286 e. The molecule has 1 heterocycles. The van der Waals surface area contributed by atoms with Gasteiger partial charge in [0.25, 0.3) is 5.91 Å². The van der Waals surface area contributed by atoms with Gasteiger partial charge in [-0.3, -0.25) is 4.79 Å². The number of allylic oxidation sites excluding steroid dienone is 1. The molecule has 6 heteroatoms. The minimum Gasteiger partial charge on any atom is -0.497 e. The van der Waals surface area contributed by atoms with E-state index >= 15 is 0 Å². The molecular weight excluding hydrogens is 430 g/mol. The zero-order chi connectivity index (χ0) is 23.5. The fraction of sp³-hybridized carbons (Fsp3) is 0.464. The Morgan fingerprint density at radius 2 is 1.79 bits per heavy atom. The van der Waals surface area contributed by atoms with E-state index in [0.717, 1.165) is 34.8 Å². The largest absolute Gasteiger partial charge is 0.497 e. The van der Waals surface area contributed by atoms with Crippen LogP contribution in [0.1, 0.15) is 54.7 Å². The number of methoxy groups -OCH3 is 1. The van der Waals surface area contributed by atoms with E-state index < -0.39 is 6.29 Å². The second-order valence-corrected chi connectivity index (χ2v) is 9.73. The first-order valence-corrected chi connectivity index (χ1v) is 12.2. The Morgan fingerprint density at radius 3 is 2.44 bits per heavy atom. The monoisotopic (exact) mass is 463 g/mol. The molecule has 34 heavy (non-hydrogen) atoms. The van der Waals surface area contributed by atoms with E-state index in [0.29, 0.717) is 24.7 Å². The summed E-state index contributed by atoms with van der Waals surface area (Å²) in [7, 11) is 1.65. The topological polar surface area (TPSA) is 77.0 Å². The molecule has 2 aromatic carbocycles. The van der Waals surface area contributed by atoms with Gasteiger partial charge in [0.05, 0.1) is 20.3 Å². The first kappa shape index (κ1) is 22.9. The number of benzene rings is 2. The van der Waals surface area contributed by atoms with Gasteiger partial charge < -0.3 is 24.6 Å². The van der Waals surface area contributed by atoms with Crippen LogP contribution in [0.3, 0.4) is 0 Å². The standard InChI is InChI=1S/C28H33NO5/c1-32-24-10-8-21(9-11-24)23-14-26(28(31)29-25-13-20-6-7-22(25)12-20)34-27(15-23)33-17-19-4-2-18(16-30)3-5-19/h2-5,8-11,14,20,22-23,25,27,30H,6-7,12-13,15-17H2,1H3,(H,29,31)/t20?,22?,23-,25?,27+/m0/s1. The predicted molar refractivity (Wildman–Crippen MR) is 128 cm³/mol. The summed E-state index contributed by atoms with van der Waals surface area (Å²) in [6.45, 7) is 0.384. The van der Waals surface area contributed by atoms with Gasteiger partial charge in [0, 0.05) is 18.4 Å². The van der Waals surface area contributed by atoms with Crippen LogP contribution < -0.4 is 10.1 Å². The molecule has 2 fully saturated rings. The Labute approximate surface area is 200 Å². The zero-order valence-corrected chi connectivity index (χ0v) is 19.6. The third kappa shape index (κ3) is 5.13. The predicted octanol–water partition coefficient (Wildman–Crippen LogP) is 4.42. The lowest BCUT2D eigenvalue weighted by atomic mass is 9.92. The maximum atomic E-state index is 13.2. The summed E-state index contributed by atoms with van der Waals surface area (Å²) in [5.41, 5.74) is 2.94. The fourth-order valence-corrected chi connectivity index (χ4v) is 5.59. The highest BCUT2D eigenvalue weighted by molar-refractivity contribution is 5.92. The first-order valence-electron chi connectivity index (χ1n) is 12.2. The summed E-state index contributed by atoms with van der Waals surface area (Å²) in [6.07, 6.45) is 6.84. The number of aliphatic hydroxyl groups is 1. The van der Waals surface area contributed by atoms with E-state index in [2.05, 4.69) is 5.32 Å².